The van der Waals surface area contributed by atoms with Gasteiger partial charge in [0, 0.05) is 30.7 Å². The van der Waals surface area contributed by atoms with E-state index in [-0.39, 0.29) is 23.8 Å². The number of piperidine rings is 1. The number of hydrogen-bond acceptors (Lipinski definition) is 4. The van der Waals surface area contributed by atoms with Gasteiger partial charge in [-0.1, -0.05) is 31.4 Å². The van der Waals surface area contributed by atoms with Gasteiger partial charge in [0.1, 0.15) is 5.76 Å². The van der Waals surface area contributed by atoms with Crippen LogP contribution in [0.4, 0.5) is 5.69 Å². The Morgan fingerprint density at radius 2 is 1.73 bits per heavy atom. The fraction of sp³-hybridized carbons (Fsp3) is 0.500. The van der Waals surface area contributed by atoms with E-state index >= 15 is 0 Å². The second-order valence-electron chi connectivity index (χ2n) is 8.38. The van der Waals surface area contributed by atoms with Gasteiger partial charge in [-0.3, -0.25) is 9.59 Å². The average Bonchev–Trinajstić information content (AvgIpc) is 3.32. The van der Waals surface area contributed by atoms with Crippen LogP contribution < -0.4 is 15.5 Å². The van der Waals surface area contributed by atoms with Crippen LogP contribution in [0.1, 0.15) is 61.1 Å². The fourth-order valence-electron chi connectivity index (χ4n) is 4.57. The van der Waals surface area contributed by atoms with Crippen molar-refractivity contribution < 1.29 is 14.0 Å². The molecule has 4 rings (SSSR count). The number of carbonyl (C=O) groups is 2. The maximum Gasteiger partial charge on any atom is 0.253 e. The topological polar surface area (TPSA) is 74.6 Å². The second kappa shape index (κ2) is 9.83. The largest absolute Gasteiger partial charge is 0.467 e. The van der Waals surface area contributed by atoms with Crippen molar-refractivity contribution in [1.82, 2.24) is 10.6 Å². The lowest BCUT2D eigenvalue weighted by molar-refractivity contribution is -0.126. The van der Waals surface area contributed by atoms with E-state index in [1.54, 1.807) is 6.26 Å². The van der Waals surface area contributed by atoms with Gasteiger partial charge in [0.25, 0.3) is 5.91 Å². The Kier molecular flexibility index (Phi) is 6.72. The molecule has 6 heteroatoms. The van der Waals surface area contributed by atoms with Gasteiger partial charge in [-0.15, -0.1) is 0 Å². The van der Waals surface area contributed by atoms with Crippen molar-refractivity contribution >= 4 is 17.5 Å². The van der Waals surface area contributed by atoms with Crippen LogP contribution in [0.15, 0.2) is 47.1 Å². The van der Waals surface area contributed by atoms with E-state index in [0.29, 0.717) is 12.1 Å². The van der Waals surface area contributed by atoms with Crippen LogP contribution in [0.2, 0.25) is 0 Å². The zero-order valence-corrected chi connectivity index (χ0v) is 17.4. The number of anilines is 1. The monoisotopic (exact) mass is 409 g/mol. The molecular weight excluding hydrogens is 378 g/mol. The van der Waals surface area contributed by atoms with Crippen molar-refractivity contribution in [3.8, 4) is 0 Å². The van der Waals surface area contributed by atoms with Gasteiger partial charge >= 0.3 is 0 Å². The summed E-state index contributed by atoms with van der Waals surface area (Å²) < 4.78 is 5.29. The normalized spacial score (nSPS) is 18.2. The fourth-order valence-corrected chi connectivity index (χ4v) is 4.57. The van der Waals surface area contributed by atoms with Crippen LogP contribution in [0.3, 0.4) is 0 Å². The zero-order chi connectivity index (χ0) is 20.8. The van der Waals surface area contributed by atoms with Crippen LogP contribution in [0.25, 0.3) is 0 Å². The van der Waals surface area contributed by atoms with Gasteiger partial charge in [-0.05, 0) is 49.9 Å². The van der Waals surface area contributed by atoms with E-state index in [1.165, 1.54) is 19.3 Å². The van der Waals surface area contributed by atoms with E-state index in [9.17, 15) is 9.59 Å². The average molecular weight is 410 g/mol. The maximum absolute atomic E-state index is 12.8. The molecule has 0 unspecified atom stereocenters. The minimum atomic E-state index is -0.102. The number of hydrogen-bond donors (Lipinski definition) is 2. The lowest BCUT2D eigenvalue weighted by Crippen LogP contribution is -2.47. The number of nitrogens with zero attached hydrogens (tertiary/aromatic N) is 1. The van der Waals surface area contributed by atoms with E-state index in [0.717, 1.165) is 50.2 Å². The molecule has 2 aliphatic rings. The highest BCUT2D eigenvalue weighted by Crippen LogP contribution is 2.26. The molecule has 1 aliphatic heterocycles. The maximum atomic E-state index is 12.8. The number of amides is 2. The van der Waals surface area contributed by atoms with Crippen molar-refractivity contribution in [3.05, 3.63) is 54.0 Å². The molecule has 2 fully saturated rings. The van der Waals surface area contributed by atoms with Gasteiger partial charge in [0.15, 0.2) is 0 Å². The molecule has 2 N–H and O–H groups in total. The van der Waals surface area contributed by atoms with Gasteiger partial charge < -0.3 is 20.0 Å². The number of para-hydroxylation sites is 1. The molecule has 6 nitrogen and oxygen atoms in total. The molecule has 2 amide bonds. The highest BCUT2D eigenvalue weighted by Gasteiger charge is 2.27. The van der Waals surface area contributed by atoms with Crippen molar-refractivity contribution in [2.75, 3.05) is 18.0 Å². The zero-order valence-electron chi connectivity index (χ0n) is 17.4. The number of rotatable bonds is 6. The van der Waals surface area contributed by atoms with E-state index in [4.69, 9.17) is 4.42 Å². The highest BCUT2D eigenvalue weighted by atomic mass is 16.3. The Labute approximate surface area is 178 Å². The third-order valence-corrected chi connectivity index (χ3v) is 6.31. The molecule has 1 aliphatic carbocycles. The Balaban J connectivity index is 1.32. The van der Waals surface area contributed by atoms with Gasteiger partial charge in [-0.25, -0.2) is 0 Å². The van der Waals surface area contributed by atoms with Crippen molar-refractivity contribution in [3.63, 3.8) is 0 Å². The Hall–Kier alpha value is -2.76. The quantitative estimate of drug-likeness (QED) is 0.759. The summed E-state index contributed by atoms with van der Waals surface area (Å²) in [5.41, 5.74) is 1.63. The highest BCUT2D eigenvalue weighted by molar-refractivity contribution is 5.99. The Morgan fingerprint density at radius 1 is 0.967 bits per heavy atom. The Bertz CT molecular complexity index is 835. The van der Waals surface area contributed by atoms with Gasteiger partial charge in [0.05, 0.1) is 18.4 Å². The van der Waals surface area contributed by atoms with Gasteiger partial charge in [0.2, 0.25) is 5.91 Å². The summed E-state index contributed by atoms with van der Waals surface area (Å²) in [6, 6.07) is 11.6. The van der Waals surface area contributed by atoms with E-state index in [1.807, 2.05) is 36.4 Å². The molecule has 2 heterocycles. The van der Waals surface area contributed by atoms with Crippen LogP contribution in [0.5, 0.6) is 0 Å². The smallest absolute Gasteiger partial charge is 0.253 e. The van der Waals surface area contributed by atoms with Crippen LogP contribution in [0, 0.1) is 5.92 Å². The van der Waals surface area contributed by atoms with E-state index in [2.05, 4.69) is 15.5 Å². The Morgan fingerprint density at radius 3 is 2.47 bits per heavy atom. The summed E-state index contributed by atoms with van der Waals surface area (Å²) in [4.78, 5) is 27.6. The molecular formula is C24H31N3O3. The molecule has 30 heavy (non-hydrogen) atoms. The summed E-state index contributed by atoms with van der Waals surface area (Å²) in [6.45, 7) is 2.03. The number of nitrogens with one attached hydrogen (secondary N) is 2. The second-order valence-corrected chi connectivity index (χ2v) is 8.38. The SMILES string of the molecule is O=C(NCc1ccco1)c1ccccc1N1CCC(NC(=O)C2CCCCC2)CC1. The molecule has 1 aromatic heterocycles. The lowest BCUT2D eigenvalue weighted by atomic mass is 9.88. The van der Waals surface area contributed by atoms with Crippen molar-refractivity contribution in [1.29, 1.82) is 0 Å². The van der Waals surface area contributed by atoms with Crippen LogP contribution >= 0.6 is 0 Å². The molecule has 0 spiro atoms. The molecule has 2 aromatic rings. The van der Waals surface area contributed by atoms with Crippen LogP contribution in [-0.4, -0.2) is 30.9 Å². The summed E-state index contributed by atoms with van der Waals surface area (Å²) in [5, 5.41) is 6.21. The van der Waals surface area contributed by atoms with E-state index < -0.39 is 0 Å². The molecule has 1 saturated heterocycles. The lowest BCUT2D eigenvalue weighted by Gasteiger charge is -2.35. The predicted octanol–water partition coefficient (Wildman–Crippen LogP) is 3.87. The standard InChI is InChI=1S/C24H31N3O3/c28-23(18-7-2-1-3-8-18)26-19-12-14-27(15-13-19)22-11-5-4-10-21(22)24(29)25-17-20-9-6-16-30-20/h4-6,9-11,16,18-19H,1-3,7-8,12-15,17H2,(H,25,29)(H,26,28). The first kappa shape index (κ1) is 20.5. The number of carbonyl (C=O) groups excluding carboxylic acids is 2. The summed E-state index contributed by atoms with van der Waals surface area (Å²) in [5.74, 6) is 1.08. The van der Waals surface area contributed by atoms with Crippen LogP contribution in [-0.2, 0) is 11.3 Å². The first-order valence-electron chi connectivity index (χ1n) is 11.2. The van der Waals surface area contributed by atoms with Crippen molar-refractivity contribution in [2.45, 2.75) is 57.5 Å². The third-order valence-electron chi connectivity index (χ3n) is 6.31. The first-order valence-corrected chi connectivity index (χ1v) is 11.2. The molecule has 1 saturated carbocycles. The minimum absolute atomic E-state index is 0.102. The van der Waals surface area contributed by atoms with Gasteiger partial charge in [-0.2, -0.15) is 0 Å². The third kappa shape index (κ3) is 5.04. The first-order chi connectivity index (χ1) is 14.7. The minimum Gasteiger partial charge on any atom is -0.467 e. The number of benzene rings is 1. The number of furan rings is 1. The summed E-state index contributed by atoms with van der Waals surface area (Å²) in [7, 11) is 0. The predicted molar refractivity (Wildman–Crippen MR) is 116 cm³/mol. The van der Waals surface area contributed by atoms with Crippen molar-refractivity contribution in [2.24, 2.45) is 5.92 Å². The summed E-state index contributed by atoms with van der Waals surface area (Å²) in [6.07, 6.45) is 9.09. The molecule has 0 radical (unpaired) electrons. The molecule has 0 bridgehead atoms. The molecule has 160 valence electrons. The molecule has 1 aromatic carbocycles. The molecule has 0 atom stereocenters. The summed E-state index contributed by atoms with van der Waals surface area (Å²) >= 11 is 0.